The number of amides is 1. The monoisotopic (exact) mass is 275 g/mol. The van der Waals surface area contributed by atoms with Gasteiger partial charge in [0.15, 0.2) is 0 Å². The summed E-state index contributed by atoms with van der Waals surface area (Å²) in [6.07, 6.45) is 0.140. The smallest absolute Gasteiger partial charge is 0.307 e. The van der Waals surface area contributed by atoms with Crippen LogP contribution in [0.2, 0.25) is 0 Å². The molecule has 0 aliphatic carbocycles. The molecule has 0 aromatic heterocycles. The Hall–Kier alpha value is -0.750. The summed E-state index contributed by atoms with van der Waals surface area (Å²) in [5, 5.41) is 8.74. The van der Waals surface area contributed by atoms with Crippen molar-refractivity contribution < 1.29 is 19.4 Å². The van der Waals surface area contributed by atoms with E-state index < -0.39 is 11.9 Å². The lowest BCUT2D eigenvalue weighted by atomic mass is 10.2. The summed E-state index contributed by atoms with van der Waals surface area (Å²) in [5.74, 6) is -0.346. The summed E-state index contributed by atoms with van der Waals surface area (Å²) in [7, 11) is 0. The fourth-order valence-corrected chi connectivity index (χ4v) is 2.84. The molecule has 6 heteroatoms. The van der Waals surface area contributed by atoms with E-state index in [0.717, 1.165) is 0 Å². The number of nitrogens with zero attached hydrogens (tertiary/aromatic N) is 1. The van der Waals surface area contributed by atoms with Crippen LogP contribution in [-0.2, 0) is 14.3 Å². The molecule has 1 fully saturated rings. The number of rotatable bonds is 5. The zero-order valence-electron chi connectivity index (χ0n) is 11.1. The SMILES string of the molecule is CC1CN(C(=O)CSCC(C)C(=O)O)CC(C)O1. The van der Waals surface area contributed by atoms with Crippen LogP contribution in [0.25, 0.3) is 0 Å². The van der Waals surface area contributed by atoms with E-state index in [0.29, 0.717) is 24.6 Å². The molecule has 0 saturated carbocycles. The third kappa shape index (κ3) is 4.86. The first-order valence-electron chi connectivity index (χ1n) is 6.14. The standard InChI is InChI=1S/C12H21NO4S/c1-8(12(15)16)6-18-7-11(14)13-4-9(2)17-10(3)5-13/h8-10H,4-7H2,1-3H3,(H,15,16). The topological polar surface area (TPSA) is 66.8 Å². The molecular formula is C12H21NO4S. The normalized spacial score (nSPS) is 25.8. The van der Waals surface area contributed by atoms with Crippen molar-refractivity contribution in [3.05, 3.63) is 0 Å². The fourth-order valence-electron chi connectivity index (χ4n) is 1.87. The van der Waals surface area contributed by atoms with Gasteiger partial charge in [0, 0.05) is 18.8 Å². The van der Waals surface area contributed by atoms with Crippen molar-refractivity contribution >= 4 is 23.6 Å². The lowest BCUT2D eigenvalue weighted by Gasteiger charge is -2.35. The second-order valence-electron chi connectivity index (χ2n) is 4.81. The lowest BCUT2D eigenvalue weighted by molar-refractivity contribution is -0.141. The first-order chi connectivity index (χ1) is 8.40. The zero-order valence-corrected chi connectivity index (χ0v) is 11.9. The minimum absolute atomic E-state index is 0.0691. The average Bonchev–Trinajstić information content (AvgIpc) is 2.27. The molecule has 0 aromatic carbocycles. The van der Waals surface area contributed by atoms with Gasteiger partial charge in [-0.3, -0.25) is 9.59 Å². The van der Waals surface area contributed by atoms with Crippen LogP contribution < -0.4 is 0 Å². The van der Waals surface area contributed by atoms with E-state index >= 15 is 0 Å². The van der Waals surface area contributed by atoms with Crippen molar-refractivity contribution in [1.29, 1.82) is 0 Å². The number of carboxylic acids is 1. The first-order valence-corrected chi connectivity index (χ1v) is 7.29. The number of morpholine rings is 1. The number of thioether (sulfide) groups is 1. The molecule has 0 spiro atoms. The van der Waals surface area contributed by atoms with Crippen LogP contribution in [0.5, 0.6) is 0 Å². The van der Waals surface area contributed by atoms with Crippen molar-refractivity contribution in [3.8, 4) is 0 Å². The van der Waals surface area contributed by atoms with Crippen molar-refractivity contribution in [2.75, 3.05) is 24.6 Å². The Bertz CT molecular complexity index is 300. The highest BCUT2D eigenvalue weighted by atomic mass is 32.2. The van der Waals surface area contributed by atoms with Gasteiger partial charge in [-0.15, -0.1) is 0 Å². The molecule has 104 valence electrons. The maximum Gasteiger partial charge on any atom is 0.307 e. The first kappa shape index (κ1) is 15.3. The van der Waals surface area contributed by atoms with Crippen LogP contribution in [-0.4, -0.2) is 58.7 Å². The number of carboxylic acid groups (broad SMARTS) is 1. The molecule has 1 rings (SSSR count). The van der Waals surface area contributed by atoms with E-state index in [9.17, 15) is 9.59 Å². The van der Waals surface area contributed by atoms with E-state index in [2.05, 4.69) is 0 Å². The number of hydrogen-bond donors (Lipinski definition) is 1. The van der Waals surface area contributed by atoms with Gasteiger partial charge in [-0.05, 0) is 13.8 Å². The van der Waals surface area contributed by atoms with Gasteiger partial charge >= 0.3 is 5.97 Å². The van der Waals surface area contributed by atoms with Gasteiger partial charge in [-0.1, -0.05) is 6.92 Å². The van der Waals surface area contributed by atoms with Crippen LogP contribution in [0, 0.1) is 5.92 Å². The number of carbonyl (C=O) groups excluding carboxylic acids is 1. The molecule has 1 aliphatic heterocycles. The van der Waals surface area contributed by atoms with Gasteiger partial charge < -0.3 is 14.7 Å². The Balaban J connectivity index is 2.30. The molecule has 1 heterocycles. The Morgan fingerprint density at radius 1 is 1.39 bits per heavy atom. The van der Waals surface area contributed by atoms with Gasteiger partial charge in [-0.2, -0.15) is 11.8 Å². The molecule has 5 nitrogen and oxygen atoms in total. The molecule has 3 atom stereocenters. The minimum atomic E-state index is -0.816. The second kappa shape index (κ2) is 6.99. The molecular weight excluding hydrogens is 254 g/mol. The largest absolute Gasteiger partial charge is 0.481 e. The Morgan fingerprint density at radius 2 is 1.94 bits per heavy atom. The minimum Gasteiger partial charge on any atom is -0.481 e. The van der Waals surface area contributed by atoms with E-state index in [1.807, 2.05) is 13.8 Å². The molecule has 1 N–H and O–H groups in total. The van der Waals surface area contributed by atoms with Crippen LogP contribution >= 0.6 is 11.8 Å². The molecule has 1 aliphatic rings. The van der Waals surface area contributed by atoms with Crippen molar-refractivity contribution in [2.45, 2.75) is 33.0 Å². The quantitative estimate of drug-likeness (QED) is 0.813. The fraction of sp³-hybridized carbons (Fsp3) is 0.833. The maximum atomic E-state index is 11.9. The Kier molecular flexibility index (Phi) is 5.95. The van der Waals surface area contributed by atoms with E-state index in [-0.39, 0.29) is 18.1 Å². The number of ether oxygens (including phenoxy) is 1. The summed E-state index contributed by atoms with van der Waals surface area (Å²) in [5.41, 5.74) is 0. The second-order valence-corrected chi connectivity index (χ2v) is 5.84. The van der Waals surface area contributed by atoms with Gasteiger partial charge in [0.05, 0.1) is 23.9 Å². The van der Waals surface area contributed by atoms with Crippen molar-refractivity contribution in [1.82, 2.24) is 4.90 Å². The van der Waals surface area contributed by atoms with E-state index in [1.165, 1.54) is 11.8 Å². The summed E-state index contributed by atoms with van der Waals surface area (Å²) in [6.45, 7) is 6.81. The van der Waals surface area contributed by atoms with Crippen LogP contribution in [0.15, 0.2) is 0 Å². The zero-order chi connectivity index (χ0) is 13.7. The number of hydrogen-bond acceptors (Lipinski definition) is 4. The van der Waals surface area contributed by atoms with Crippen LogP contribution in [0.4, 0.5) is 0 Å². The van der Waals surface area contributed by atoms with E-state index in [1.54, 1.807) is 11.8 Å². The predicted octanol–water partition coefficient (Wildman–Crippen LogP) is 1.08. The summed E-state index contributed by atoms with van der Waals surface area (Å²) >= 11 is 1.38. The Labute approximate surface area is 112 Å². The van der Waals surface area contributed by atoms with Crippen molar-refractivity contribution in [2.24, 2.45) is 5.92 Å². The van der Waals surface area contributed by atoms with Crippen molar-refractivity contribution in [3.63, 3.8) is 0 Å². The van der Waals surface area contributed by atoms with Crippen LogP contribution in [0.3, 0.4) is 0 Å². The van der Waals surface area contributed by atoms with E-state index in [4.69, 9.17) is 9.84 Å². The van der Waals surface area contributed by atoms with Gasteiger partial charge in [0.25, 0.3) is 0 Å². The molecule has 18 heavy (non-hydrogen) atoms. The van der Waals surface area contributed by atoms with Crippen LogP contribution in [0.1, 0.15) is 20.8 Å². The lowest BCUT2D eigenvalue weighted by Crippen LogP contribution is -2.48. The third-order valence-electron chi connectivity index (χ3n) is 2.79. The van der Waals surface area contributed by atoms with Gasteiger partial charge in [0.1, 0.15) is 0 Å². The maximum absolute atomic E-state index is 11.9. The highest BCUT2D eigenvalue weighted by Gasteiger charge is 2.25. The van der Waals surface area contributed by atoms with Gasteiger partial charge in [0.2, 0.25) is 5.91 Å². The Morgan fingerprint density at radius 3 is 2.44 bits per heavy atom. The highest BCUT2D eigenvalue weighted by molar-refractivity contribution is 7.99. The summed E-state index contributed by atoms with van der Waals surface area (Å²) < 4.78 is 5.56. The summed E-state index contributed by atoms with van der Waals surface area (Å²) in [4.78, 5) is 24.4. The third-order valence-corrected chi connectivity index (χ3v) is 3.97. The summed E-state index contributed by atoms with van der Waals surface area (Å²) in [6, 6.07) is 0. The average molecular weight is 275 g/mol. The predicted molar refractivity (Wildman–Crippen MR) is 70.7 cm³/mol. The molecule has 0 aromatic rings. The molecule has 0 radical (unpaired) electrons. The van der Waals surface area contributed by atoms with Gasteiger partial charge in [-0.25, -0.2) is 0 Å². The highest BCUT2D eigenvalue weighted by Crippen LogP contribution is 2.14. The molecule has 0 bridgehead atoms. The number of aliphatic carboxylic acids is 1. The molecule has 3 unspecified atom stereocenters. The molecule has 1 amide bonds. The molecule has 1 saturated heterocycles. The number of carbonyl (C=O) groups is 2.